The van der Waals surface area contributed by atoms with Crippen molar-refractivity contribution in [2.24, 2.45) is 5.73 Å². The number of urea groups is 1. The van der Waals surface area contributed by atoms with Gasteiger partial charge in [-0.1, -0.05) is 15.9 Å². The number of halogens is 2. The molecule has 0 unspecified atom stereocenters. The summed E-state index contributed by atoms with van der Waals surface area (Å²) in [4.78, 5) is 12.7. The fraction of sp³-hybridized carbons (Fsp3) is 0.300. The highest BCUT2D eigenvalue weighted by Gasteiger charge is 2.13. The van der Waals surface area contributed by atoms with Gasteiger partial charge in [-0.05, 0) is 30.7 Å². The third-order valence-electron chi connectivity index (χ3n) is 2.02. The van der Waals surface area contributed by atoms with Gasteiger partial charge in [0.15, 0.2) is 0 Å². The van der Waals surface area contributed by atoms with Crippen LogP contribution in [-0.2, 0) is 0 Å². The Morgan fingerprint density at radius 1 is 1.60 bits per heavy atom. The standard InChI is InChI=1S/C10H12BrClN2O/c1-7-6-8(11)2-3-9(7)14(5-4-12)10(13)15/h2-3,6H,4-5H2,1H3,(H2,13,15). The van der Waals surface area contributed by atoms with Crippen LogP contribution in [0.5, 0.6) is 0 Å². The second-order valence-electron chi connectivity index (χ2n) is 3.11. The molecular formula is C10H12BrClN2O. The van der Waals surface area contributed by atoms with E-state index >= 15 is 0 Å². The number of nitrogens with zero attached hydrogens (tertiary/aromatic N) is 1. The summed E-state index contributed by atoms with van der Waals surface area (Å²) < 4.78 is 0.971. The highest BCUT2D eigenvalue weighted by atomic mass is 79.9. The number of amides is 2. The predicted molar refractivity (Wildman–Crippen MR) is 66.5 cm³/mol. The number of carbonyl (C=O) groups is 1. The Morgan fingerprint density at radius 3 is 2.73 bits per heavy atom. The summed E-state index contributed by atoms with van der Waals surface area (Å²) in [5.74, 6) is 0.360. The van der Waals surface area contributed by atoms with E-state index < -0.39 is 6.03 Å². The van der Waals surface area contributed by atoms with Gasteiger partial charge >= 0.3 is 6.03 Å². The van der Waals surface area contributed by atoms with Gasteiger partial charge in [0.05, 0.1) is 0 Å². The van der Waals surface area contributed by atoms with E-state index in [1.54, 1.807) is 0 Å². The first-order chi connectivity index (χ1) is 7.06. The maximum atomic E-state index is 11.2. The van der Waals surface area contributed by atoms with E-state index in [4.69, 9.17) is 17.3 Å². The molecule has 0 atom stereocenters. The largest absolute Gasteiger partial charge is 0.351 e. The number of rotatable bonds is 3. The Hall–Kier alpha value is -0.740. The number of nitrogens with two attached hydrogens (primary N) is 1. The minimum absolute atomic E-state index is 0.360. The van der Waals surface area contributed by atoms with Crippen molar-refractivity contribution in [1.29, 1.82) is 0 Å². The Morgan fingerprint density at radius 2 is 2.27 bits per heavy atom. The Bertz CT molecular complexity index is 370. The van der Waals surface area contributed by atoms with Gasteiger partial charge < -0.3 is 5.73 Å². The molecule has 0 aliphatic carbocycles. The van der Waals surface area contributed by atoms with E-state index in [0.29, 0.717) is 12.4 Å². The lowest BCUT2D eigenvalue weighted by Gasteiger charge is -2.21. The highest BCUT2D eigenvalue weighted by molar-refractivity contribution is 9.10. The SMILES string of the molecule is Cc1cc(Br)ccc1N(CCCl)C(N)=O. The third-order valence-corrected chi connectivity index (χ3v) is 2.69. The van der Waals surface area contributed by atoms with Gasteiger partial charge in [0.1, 0.15) is 0 Å². The lowest BCUT2D eigenvalue weighted by atomic mass is 10.2. The highest BCUT2D eigenvalue weighted by Crippen LogP contribution is 2.23. The van der Waals surface area contributed by atoms with E-state index in [1.165, 1.54) is 4.90 Å². The van der Waals surface area contributed by atoms with Gasteiger partial charge in [-0.25, -0.2) is 4.79 Å². The van der Waals surface area contributed by atoms with Crippen molar-refractivity contribution >= 4 is 39.2 Å². The van der Waals surface area contributed by atoms with Crippen molar-refractivity contribution < 1.29 is 4.79 Å². The molecule has 0 saturated heterocycles. The molecule has 2 amide bonds. The predicted octanol–water partition coefficient (Wildman–Crippen LogP) is 2.88. The summed E-state index contributed by atoms with van der Waals surface area (Å²) in [6.07, 6.45) is 0. The van der Waals surface area contributed by atoms with Gasteiger partial charge in [-0.2, -0.15) is 0 Å². The molecule has 2 N–H and O–H groups in total. The Kier molecular flexibility index (Phi) is 4.42. The van der Waals surface area contributed by atoms with Gasteiger partial charge in [0, 0.05) is 22.6 Å². The van der Waals surface area contributed by atoms with Crippen LogP contribution in [-0.4, -0.2) is 18.5 Å². The van der Waals surface area contributed by atoms with Gasteiger partial charge in [-0.3, -0.25) is 4.90 Å². The number of hydrogen-bond donors (Lipinski definition) is 1. The van der Waals surface area contributed by atoms with Crippen LogP contribution >= 0.6 is 27.5 Å². The van der Waals surface area contributed by atoms with Crippen LogP contribution in [0.2, 0.25) is 0 Å². The van der Waals surface area contributed by atoms with Crippen LogP contribution in [0.3, 0.4) is 0 Å². The van der Waals surface area contributed by atoms with Gasteiger partial charge in [0.2, 0.25) is 0 Å². The first kappa shape index (κ1) is 12.3. The summed E-state index contributed by atoms with van der Waals surface area (Å²) >= 11 is 8.98. The molecule has 0 radical (unpaired) electrons. The van der Waals surface area contributed by atoms with Crippen LogP contribution in [0.25, 0.3) is 0 Å². The summed E-state index contributed by atoms with van der Waals surface area (Å²) in [5.41, 5.74) is 7.06. The zero-order valence-electron chi connectivity index (χ0n) is 8.34. The van der Waals surface area contributed by atoms with Gasteiger partial charge in [-0.15, -0.1) is 11.6 Å². The lowest BCUT2D eigenvalue weighted by molar-refractivity contribution is 0.254. The van der Waals surface area contributed by atoms with E-state index in [1.807, 2.05) is 25.1 Å². The van der Waals surface area contributed by atoms with E-state index in [-0.39, 0.29) is 0 Å². The average Bonchev–Trinajstić information content (AvgIpc) is 2.15. The summed E-state index contributed by atoms with van der Waals surface area (Å²) in [6, 6.07) is 5.16. The molecule has 1 aromatic rings. The molecular weight excluding hydrogens is 279 g/mol. The fourth-order valence-electron chi connectivity index (χ4n) is 1.36. The van der Waals surface area contributed by atoms with E-state index in [0.717, 1.165) is 15.7 Å². The number of carbonyl (C=O) groups excluding carboxylic acids is 1. The topological polar surface area (TPSA) is 46.3 Å². The van der Waals surface area contributed by atoms with Crippen LogP contribution in [0.4, 0.5) is 10.5 Å². The van der Waals surface area contributed by atoms with Gasteiger partial charge in [0.25, 0.3) is 0 Å². The molecule has 15 heavy (non-hydrogen) atoms. The number of anilines is 1. The lowest BCUT2D eigenvalue weighted by Crippen LogP contribution is -2.37. The monoisotopic (exact) mass is 290 g/mol. The molecule has 82 valence electrons. The normalized spacial score (nSPS) is 10.1. The maximum Gasteiger partial charge on any atom is 0.319 e. The van der Waals surface area contributed by atoms with Crippen LogP contribution < -0.4 is 10.6 Å². The number of alkyl halides is 1. The zero-order chi connectivity index (χ0) is 11.4. The number of aryl methyl sites for hydroxylation is 1. The van der Waals surface area contributed by atoms with Crippen LogP contribution in [0.1, 0.15) is 5.56 Å². The summed E-state index contributed by atoms with van der Waals surface area (Å²) in [7, 11) is 0. The van der Waals surface area contributed by atoms with Crippen molar-refractivity contribution in [3.05, 3.63) is 28.2 Å². The molecule has 1 aromatic carbocycles. The maximum absolute atomic E-state index is 11.2. The molecule has 0 aliphatic rings. The molecule has 5 heteroatoms. The van der Waals surface area contributed by atoms with Crippen LogP contribution in [0.15, 0.2) is 22.7 Å². The minimum atomic E-state index is -0.485. The summed E-state index contributed by atoms with van der Waals surface area (Å²) in [5, 5.41) is 0. The Balaban J connectivity index is 3.05. The molecule has 0 spiro atoms. The quantitative estimate of drug-likeness (QED) is 0.855. The molecule has 0 bridgehead atoms. The Labute approximate surface area is 102 Å². The van der Waals surface area contributed by atoms with E-state index in [9.17, 15) is 4.79 Å². The fourth-order valence-corrected chi connectivity index (χ4v) is 2.00. The van der Waals surface area contributed by atoms with Crippen molar-refractivity contribution in [2.75, 3.05) is 17.3 Å². The molecule has 0 aliphatic heterocycles. The smallest absolute Gasteiger partial charge is 0.319 e. The average molecular weight is 292 g/mol. The number of primary amides is 1. The molecule has 3 nitrogen and oxygen atoms in total. The number of hydrogen-bond acceptors (Lipinski definition) is 1. The molecule has 0 saturated carbocycles. The number of benzene rings is 1. The first-order valence-corrected chi connectivity index (χ1v) is 5.78. The zero-order valence-corrected chi connectivity index (χ0v) is 10.7. The van der Waals surface area contributed by atoms with Crippen molar-refractivity contribution in [3.63, 3.8) is 0 Å². The van der Waals surface area contributed by atoms with Crippen LogP contribution in [0, 0.1) is 6.92 Å². The molecule has 0 heterocycles. The molecule has 0 fully saturated rings. The van der Waals surface area contributed by atoms with Crippen molar-refractivity contribution in [2.45, 2.75) is 6.92 Å². The second-order valence-corrected chi connectivity index (χ2v) is 4.40. The van der Waals surface area contributed by atoms with Crippen molar-refractivity contribution in [3.8, 4) is 0 Å². The minimum Gasteiger partial charge on any atom is -0.351 e. The molecule has 0 aromatic heterocycles. The third kappa shape index (κ3) is 3.11. The molecule has 1 rings (SSSR count). The van der Waals surface area contributed by atoms with Crippen molar-refractivity contribution in [1.82, 2.24) is 0 Å². The summed E-state index contributed by atoms with van der Waals surface area (Å²) in [6.45, 7) is 2.34. The first-order valence-electron chi connectivity index (χ1n) is 4.45. The second kappa shape index (κ2) is 5.37. The van der Waals surface area contributed by atoms with E-state index in [2.05, 4.69) is 15.9 Å².